The molecule has 0 bridgehead atoms. The van der Waals surface area contributed by atoms with E-state index < -0.39 is 5.60 Å². The van der Waals surface area contributed by atoms with Gasteiger partial charge in [-0.25, -0.2) is 0 Å². The van der Waals surface area contributed by atoms with Gasteiger partial charge in [0.15, 0.2) is 5.78 Å². The molecule has 68 valence electrons. The lowest BCUT2D eigenvalue weighted by Gasteiger charge is -2.27. The highest BCUT2D eigenvalue weighted by Crippen LogP contribution is 2.28. The monoisotopic (exact) mass is 168 g/mol. The molecule has 0 aliphatic heterocycles. The van der Waals surface area contributed by atoms with E-state index in [-0.39, 0.29) is 5.78 Å². The van der Waals surface area contributed by atoms with Crippen LogP contribution in [-0.2, 0) is 4.79 Å². The van der Waals surface area contributed by atoms with Gasteiger partial charge in [0.05, 0.1) is 0 Å². The summed E-state index contributed by atoms with van der Waals surface area (Å²) in [5.41, 5.74) is 0.0461. The van der Waals surface area contributed by atoms with Gasteiger partial charge in [-0.2, -0.15) is 0 Å². The standard InChI is InChI=1S/C10H16O2/c1-7(2)8-4-5-10(3,12)9(11)6-8/h6-7,12H,4-5H2,1-3H3. The van der Waals surface area contributed by atoms with Crippen molar-refractivity contribution in [2.75, 3.05) is 0 Å². The molecule has 2 heteroatoms. The van der Waals surface area contributed by atoms with Crippen LogP contribution in [0.15, 0.2) is 11.6 Å². The first-order valence-corrected chi connectivity index (χ1v) is 4.41. The van der Waals surface area contributed by atoms with Gasteiger partial charge < -0.3 is 5.11 Å². The predicted molar refractivity (Wildman–Crippen MR) is 47.8 cm³/mol. The first kappa shape index (κ1) is 9.46. The molecule has 1 N–H and O–H groups in total. The zero-order valence-electron chi connectivity index (χ0n) is 7.92. The Kier molecular flexibility index (Phi) is 2.38. The number of ketones is 1. The van der Waals surface area contributed by atoms with Crippen LogP contribution in [0, 0.1) is 5.92 Å². The maximum atomic E-state index is 11.3. The second kappa shape index (κ2) is 3.02. The summed E-state index contributed by atoms with van der Waals surface area (Å²) in [7, 11) is 0. The Hall–Kier alpha value is -0.630. The summed E-state index contributed by atoms with van der Waals surface area (Å²) >= 11 is 0. The molecule has 0 saturated carbocycles. The van der Waals surface area contributed by atoms with E-state index in [0.29, 0.717) is 12.3 Å². The van der Waals surface area contributed by atoms with E-state index in [9.17, 15) is 9.90 Å². The normalized spacial score (nSPS) is 30.8. The van der Waals surface area contributed by atoms with Crippen molar-refractivity contribution in [3.63, 3.8) is 0 Å². The third kappa shape index (κ3) is 1.75. The molecule has 0 spiro atoms. The van der Waals surface area contributed by atoms with E-state index >= 15 is 0 Å². The lowest BCUT2D eigenvalue weighted by molar-refractivity contribution is -0.131. The fourth-order valence-corrected chi connectivity index (χ4v) is 1.36. The summed E-state index contributed by atoms with van der Waals surface area (Å²) in [6.45, 7) is 5.72. The minimum Gasteiger partial charge on any atom is -0.382 e. The zero-order chi connectivity index (χ0) is 9.35. The van der Waals surface area contributed by atoms with Gasteiger partial charge in [0.1, 0.15) is 5.60 Å². The molecule has 1 atom stereocenters. The quantitative estimate of drug-likeness (QED) is 0.646. The minimum absolute atomic E-state index is 0.141. The molecule has 0 fully saturated rings. The highest BCUT2D eigenvalue weighted by molar-refractivity contribution is 5.97. The first-order valence-electron chi connectivity index (χ1n) is 4.41. The van der Waals surface area contributed by atoms with E-state index in [1.165, 1.54) is 0 Å². The van der Waals surface area contributed by atoms with Crippen molar-refractivity contribution in [2.45, 2.75) is 39.2 Å². The van der Waals surface area contributed by atoms with Crippen molar-refractivity contribution in [1.82, 2.24) is 0 Å². The van der Waals surface area contributed by atoms with Crippen LogP contribution in [0.5, 0.6) is 0 Å². The SMILES string of the molecule is CC(C)C1=CC(=O)C(C)(O)CC1. The number of rotatable bonds is 1. The minimum atomic E-state index is -1.11. The number of carbonyl (C=O) groups is 1. The van der Waals surface area contributed by atoms with Crippen LogP contribution in [-0.4, -0.2) is 16.5 Å². The maximum Gasteiger partial charge on any atom is 0.186 e. The third-order valence-corrected chi connectivity index (χ3v) is 2.49. The Balaban J connectivity index is 2.82. The Labute approximate surface area is 73.3 Å². The molecule has 1 unspecified atom stereocenters. The topological polar surface area (TPSA) is 37.3 Å². The van der Waals surface area contributed by atoms with Crippen molar-refractivity contribution >= 4 is 5.78 Å². The molecule has 0 saturated heterocycles. The molecule has 0 amide bonds. The third-order valence-electron chi connectivity index (χ3n) is 2.49. The van der Waals surface area contributed by atoms with Crippen molar-refractivity contribution in [3.05, 3.63) is 11.6 Å². The van der Waals surface area contributed by atoms with Crippen LogP contribution >= 0.6 is 0 Å². The summed E-state index contributed by atoms with van der Waals surface area (Å²) in [5, 5.41) is 9.55. The summed E-state index contributed by atoms with van der Waals surface area (Å²) in [6.07, 6.45) is 3.01. The van der Waals surface area contributed by atoms with Crippen molar-refractivity contribution < 1.29 is 9.90 Å². The molecular formula is C10H16O2. The molecule has 1 rings (SSSR count). The fraction of sp³-hybridized carbons (Fsp3) is 0.700. The van der Waals surface area contributed by atoms with Gasteiger partial charge in [0.25, 0.3) is 0 Å². The lowest BCUT2D eigenvalue weighted by atomic mass is 9.82. The second-order valence-corrected chi connectivity index (χ2v) is 4.01. The summed E-state index contributed by atoms with van der Waals surface area (Å²) in [6, 6.07) is 0. The molecular weight excluding hydrogens is 152 g/mol. The molecule has 0 radical (unpaired) electrons. The second-order valence-electron chi connectivity index (χ2n) is 4.01. The van der Waals surface area contributed by atoms with E-state index in [1.54, 1.807) is 13.0 Å². The number of allylic oxidation sites excluding steroid dienone is 1. The van der Waals surface area contributed by atoms with Crippen LogP contribution in [0.1, 0.15) is 33.6 Å². The number of hydrogen-bond donors (Lipinski definition) is 1. The number of carbonyl (C=O) groups excluding carboxylic acids is 1. The van der Waals surface area contributed by atoms with Gasteiger partial charge in [-0.1, -0.05) is 19.4 Å². The molecule has 0 aromatic rings. The Morgan fingerprint density at radius 3 is 2.58 bits per heavy atom. The first-order chi connectivity index (χ1) is 5.43. The van der Waals surface area contributed by atoms with Crippen LogP contribution in [0.3, 0.4) is 0 Å². The predicted octanol–water partition coefficient (Wildman–Crippen LogP) is 1.68. The van der Waals surface area contributed by atoms with Crippen molar-refractivity contribution in [1.29, 1.82) is 0 Å². The van der Waals surface area contributed by atoms with Crippen LogP contribution in [0.4, 0.5) is 0 Å². The van der Waals surface area contributed by atoms with Gasteiger partial charge in [-0.05, 0) is 31.8 Å². The summed E-state index contributed by atoms with van der Waals surface area (Å²) in [4.78, 5) is 11.3. The fourth-order valence-electron chi connectivity index (χ4n) is 1.36. The van der Waals surface area contributed by atoms with E-state index in [1.807, 2.05) is 0 Å². The highest BCUT2D eigenvalue weighted by Gasteiger charge is 2.32. The van der Waals surface area contributed by atoms with Crippen LogP contribution < -0.4 is 0 Å². The smallest absolute Gasteiger partial charge is 0.186 e. The van der Waals surface area contributed by atoms with Crippen molar-refractivity contribution in [2.24, 2.45) is 5.92 Å². The molecule has 1 aliphatic carbocycles. The van der Waals surface area contributed by atoms with Crippen LogP contribution in [0.25, 0.3) is 0 Å². The van der Waals surface area contributed by atoms with Gasteiger partial charge in [0, 0.05) is 0 Å². The molecule has 0 heterocycles. The Morgan fingerprint density at radius 2 is 2.17 bits per heavy atom. The van der Waals surface area contributed by atoms with Gasteiger partial charge in [-0.3, -0.25) is 4.79 Å². The molecule has 1 aliphatic rings. The largest absolute Gasteiger partial charge is 0.382 e. The summed E-state index contributed by atoms with van der Waals surface area (Å²) in [5.74, 6) is 0.280. The van der Waals surface area contributed by atoms with Gasteiger partial charge in [0.2, 0.25) is 0 Å². The zero-order valence-corrected chi connectivity index (χ0v) is 7.92. The van der Waals surface area contributed by atoms with Crippen molar-refractivity contribution in [3.8, 4) is 0 Å². The number of aliphatic hydroxyl groups is 1. The number of hydrogen-bond acceptors (Lipinski definition) is 2. The molecule has 12 heavy (non-hydrogen) atoms. The molecule has 2 nitrogen and oxygen atoms in total. The lowest BCUT2D eigenvalue weighted by Crippen LogP contribution is -2.36. The van der Waals surface area contributed by atoms with E-state index in [2.05, 4.69) is 13.8 Å². The Morgan fingerprint density at radius 1 is 1.58 bits per heavy atom. The van der Waals surface area contributed by atoms with E-state index in [4.69, 9.17) is 0 Å². The maximum absolute atomic E-state index is 11.3. The van der Waals surface area contributed by atoms with Crippen LogP contribution in [0.2, 0.25) is 0 Å². The highest BCUT2D eigenvalue weighted by atomic mass is 16.3. The summed E-state index contributed by atoms with van der Waals surface area (Å²) < 4.78 is 0. The molecule has 0 aromatic heterocycles. The average molecular weight is 168 g/mol. The van der Waals surface area contributed by atoms with E-state index in [0.717, 1.165) is 12.0 Å². The van der Waals surface area contributed by atoms with Gasteiger partial charge in [-0.15, -0.1) is 0 Å². The van der Waals surface area contributed by atoms with Gasteiger partial charge >= 0.3 is 0 Å². The Bertz CT molecular complexity index is 224. The molecule has 0 aromatic carbocycles. The average Bonchev–Trinajstić information content (AvgIpc) is 1.94.